The fourth-order valence-electron chi connectivity index (χ4n) is 3.24. The van der Waals surface area contributed by atoms with Crippen LogP contribution in [0.15, 0.2) is 23.1 Å². The summed E-state index contributed by atoms with van der Waals surface area (Å²) in [4.78, 5) is 12.4. The van der Waals surface area contributed by atoms with Crippen molar-refractivity contribution < 1.29 is 14.6 Å². The number of carboxylic acid groups (broad SMARTS) is 1. The van der Waals surface area contributed by atoms with Crippen molar-refractivity contribution in [3.05, 3.63) is 23.8 Å². The number of benzene rings is 1. The molecule has 21 heavy (non-hydrogen) atoms. The normalized spacial score (nSPS) is 25.6. The van der Waals surface area contributed by atoms with E-state index in [-0.39, 0.29) is 6.10 Å². The maximum Gasteiger partial charge on any atom is 0.340 e. The molecule has 0 bridgehead atoms. The van der Waals surface area contributed by atoms with Crippen LogP contribution in [0, 0.1) is 11.8 Å². The minimum Gasteiger partial charge on any atom is -0.489 e. The van der Waals surface area contributed by atoms with Crippen molar-refractivity contribution in [3.63, 3.8) is 0 Å². The summed E-state index contributed by atoms with van der Waals surface area (Å²) in [5, 5.41) is 9.51. The van der Waals surface area contributed by atoms with Gasteiger partial charge in [0, 0.05) is 4.90 Å². The van der Waals surface area contributed by atoms with Crippen molar-refractivity contribution >= 4 is 17.7 Å². The van der Waals surface area contributed by atoms with Gasteiger partial charge in [-0.3, -0.25) is 0 Å². The van der Waals surface area contributed by atoms with Gasteiger partial charge in [0.25, 0.3) is 0 Å². The second kappa shape index (κ2) is 7.21. The average molecular weight is 308 g/mol. The summed E-state index contributed by atoms with van der Waals surface area (Å²) in [5.41, 5.74) is 0.315. The summed E-state index contributed by atoms with van der Waals surface area (Å²) in [6.07, 6.45) is 3.38. The molecular formula is C17H24O3S. The molecule has 1 aliphatic rings. The average Bonchev–Trinajstić information content (AvgIpc) is 2.37. The van der Waals surface area contributed by atoms with Gasteiger partial charge in [-0.15, -0.1) is 11.8 Å². The van der Waals surface area contributed by atoms with Gasteiger partial charge in [0.05, 0.1) is 6.10 Å². The maximum absolute atomic E-state index is 11.6. The number of carbonyl (C=O) groups is 1. The van der Waals surface area contributed by atoms with Crippen LogP contribution in [0.1, 0.15) is 50.4 Å². The third kappa shape index (κ3) is 4.16. The summed E-state index contributed by atoms with van der Waals surface area (Å²) in [6, 6.07) is 5.53. The van der Waals surface area contributed by atoms with Gasteiger partial charge in [-0.2, -0.15) is 0 Å². The standard InChI is InChI=1S/C17H24O3S/c1-4-21-15-7-5-6-14(16(15)17(18)19)20-13-9-11(2)8-12(3)10-13/h5-7,11-13H,4,8-10H2,1-3H3,(H,18,19). The molecule has 1 fully saturated rings. The van der Waals surface area contributed by atoms with Crippen LogP contribution in [0.4, 0.5) is 0 Å². The molecule has 2 rings (SSSR count). The van der Waals surface area contributed by atoms with E-state index >= 15 is 0 Å². The molecule has 0 spiro atoms. The Morgan fingerprint density at radius 2 is 1.95 bits per heavy atom. The molecule has 1 aromatic rings. The summed E-state index contributed by atoms with van der Waals surface area (Å²) in [7, 11) is 0. The Kier molecular flexibility index (Phi) is 5.57. The molecule has 2 atom stereocenters. The lowest BCUT2D eigenvalue weighted by molar-refractivity contribution is 0.0671. The summed E-state index contributed by atoms with van der Waals surface area (Å²) < 4.78 is 6.08. The Morgan fingerprint density at radius 3 is 2.52 bits per heavy atom. The highest BCUT2D eigenvalue weighted by atomic mass is 32.2. The van der Waals surface area contributed by atoms with Crippen molar-refractivity contribution in [1.29, 1.82) is 0 Å². The second-order valence-corrected chi connectivity index (χ2v) is 7.33. The monoisotopic (exact) mass is 308 g/mol. The molecule has 0 heterocycles. The molecule has 1 N–H and O–H groups in total. The van der Waals surface area contributed by atoms with Crippen molar-refractivity contribution in [2.24, 2.45) is 11.8 Å². The van der Waals surface area contributed by atoms with Crippen LogP contribution in [-0.4, -0.2) is 22.9 Å². The van der Waals surface area contributed by atoms with Gasteiger partial charge in [0.2, 0.25) is 0 Å². The first-order chi connectivity index (χ1) is 10.0. The molecule has 0 saturated heterocycles. The van der Waals surface area contributed by atoms with Crippen molar-refractivity contribution in [1.82, 2.24) is 0 Å². The third-order valence-electron chi connectivity index (χ3n) is 3.93. The van der Waals surface area contributed by atoms with E-state index < -0.39 is 5.97 Å². The number of thioether (sulfide) groups is 1. The van der Waals surface area contributed by atoms with Crippen LogP contribution >= 0.6 is 11.8 Å². The Bertz CT molecular complexity index is 491. The summed E-state index contributed by atoms with van der Waals surface area (Å²) >= 11 is 1.55. The highest BCUT2D eigenvalue weighted by molar-refractivity contribution is 7.99. The predicted octanol–water partition coefficient (Wildman–Crippen LogP) is 4.70. The number of aromatic carboxylic acids is 1. The van der Waals surface area contributed by atoms with Crippen molar-refractivity contribution in [3.8, 4) is 5.75 Å². The molecule has 1 aliphatic carbocycles. The molecule has 0 aliphatic heterocycles. The van der Waals surface area contributed by atoms with Gasteiger partial charge in [-0.1, -0.05) is 26.8 Å². The topological polar surface area (TPSA) is 46.5 Å². The van der Waals surface area contributed by atoms with Crippen LogP contribution in [0.5, 0.6) is 5.75 Å². The fraction of sp³-hybridized carbons (Fsp3) is 0.588. The smallest absolute Gasteiger partial charge is 0.340 e. The van der Waals surface area contributed by atoms with E-state index in [1.54, 1.807) is 17.8 Å². The van der Waals surface area contributed by atoms with Crippen molar-refractivity contribution in [2.45, 2.75) is 51.0 Å². The predicted molar refractivity (Wildman–Crippen MR) is 86.4 cm³/mol. The third-order valence-corrected chi connectivity index (χ3v) is 4.87. The number of rotatable bonds is 5. The molecular weight excluding hydrogens is 284 g/mol. The van der Waals surface area contributed by atoms with Crippen LogP contribution in [0.25, 0.3) is 0 Å². The highest BCUT2D eigenvalue weighted by Gasteiger charge is 2.27. The zero-order valence-corrected chi connectivity index (χ0v) is 13.8. The van der Waals surface area contributed by atoms with Gasteiger partial charge in [0.15, 0.2) is 0 Å². The molecule has 0 amide bonds. The second-order valence-electron chi connectivity index (χ2n) is 6.02. The van der Waals surface area contributed by atoms with E-state index in [1.807, 2.05) is 19.1 Å². The van der Waals surface area contributed by atoms with Crippen LogP contribution in [0.2, 0.25) is 0 Å². The number of ether oxygens (including phenoxy) is 1. The molecule has 0 radical (unpaired) electrons. The van der Waals surface area contributed by atoms with Crippen molar-refractivity contribution in [2.75, 3.05) is 5.75 Å². The SMILES string of the molecule is CCSc1cccc(OC2CC(C)CC(C)C2)c1C(=O)O. The van der Waals surface area contributed by atoms with E-state index in [0.717, 1.165) is 23.5 Å². The van der Waals surface area contributed by atoms with Crippen LogP contribution in [-0.2, 0) is 0 Å². The zero-order chi connectivity index (χ0) is 15.4. The Balaban J connectivity index is 2.22. The Morgan fingerprint density at radius 1 is 1.29 bits per heavy atom. The van der Waals surface area contributed by atoms with Gasteiger partial charge in [-0.05, 0) is 49.0 Å². The quantitative estimate of drug-likeness (QED) is 0.801. The first-order valence-electron chi connectivity index (χ1n) is 7.67. The first-order valence-corrected chi connectivity index (χ1v) is 8.65. The van der Waals surface area contributed by atoms with Crippen LogP contribution in [0.3, 0.4) is 0 Å². The molecule has 3 nitrogen and oxygen atoms in total. The highest BCUT2D eigenvalue weighted by Crippen LogP contribution is 2.35. The molecule has 2 unspecified atom stereocenters. The summed E-state index contributed by atoms with van der Waals surface area (Å²) in [6.45, 7) is 6.51. The first kappa shape index (κ1) is 16.2. The molecule has 1 aromatic carbocycles. The lowest BCUT2D eigenvalue weighted by Gasteiger charge is -2.32. The molecule has 0 aromatic heterocycles. The van der Waals surface area contributed by atoms with E-state index in [2.05, 4.69) is 13.8 Å². The minimum atomic E-state index is -0.904. The Labute approximate surface area is 131 Å². The zero-order valence-electron chi connectivity index (χ0n) is 13.0. The molecule has 1 saturated carbocycles. The maximum atomic E-state index is 11.6. The lowest BCUT2D eigenvalue weighted by Crippen LogP contribution is -2.29. The largest absolute Gasteiger partial charge is 0.489 e. The van der Waals surface area contributed by atoms with Gasteiger partial charge >= 0.3 is 5.97 Å². The number of hydrogen-bond donors (Lipinski definition) is 1. The van der Waals surface area contributed by atoms with Gasteiger partial charge in [0.1, 0.15) is 11.3 Å². The summed E-state index contributed by atoms with van der Waals surface area (Å²) in [5.74, 6) is 1.74. The van der Waals surface area contributed by atoms with Gasteiger partial charge < -0.3 is 9.84 Å². The number of hydrogen-bond acceptors (Lipinski definition) is 3. The lowest BCUT2D eigenvalue weighted by atomic mass is 9.82. The van der Waals surface area contributed by atoms with Gasteiger partial charge in [-0.25, -0.2) is 4.79 Å². The minimum absolute atomic E-state index is 0.128. The van der Waals surface area contributed by atoms with E-state index in [9.17, 15) is 9.90 Å². The van der Waals surface area contributed by atoms with E-state index in [4.69, 9.17) is 4.74 Å². The van der Waals surface area contributed by atoms with Crippen LogP contribution < -0.4 is 4.74 Å². The molecule has 4 heteroatoms. The molecule has 116 valence electrons. The van der Waals surface area contributed by atoms with E-state index in [0.29, 0.717) is 23.1 Å². The number of carboxylic acids is 1. The van der Waals surface area contributed by atoms with E-state index in [1.165, 1.54) is 6.42 Å². The Hall–Kier alpha value is -1.16. The fourth-order valence-corrected chi connectivity index (χ4v) is 4.06.